The molecule has 0 radical (unpaired) electrons. The van der Waals surface area contributed by atoms with Crippen LogP contribution in [0.5, 0.6) is 0 Å². The molecule has 0 aliphatic heterocycles. The van der Waals surface area contributed by atoms with Gasteiger partial charge < -0.3 is 15.5 Å². The van der Waals surface area contributed by atoms with Crippen LogP contribution >= 0.6 is 11.3 Å². The van der Waals surface area contributed by atoms with Gasteiger partial charge in [0.15, 0.2) is 0 Å². The Balaban J connectivity index is 3.06. The summed E-state index contributed by atoms with van der Waals surface area (Å²) in [6, 6.07) is 3.28. The molecule has 1 aromatic heterocycles. The first-order valence-electron chi connectivity index (χ1n) is 4.23. The van der Waals surface area contributed by atoms with Gasteiger partial charge >= 0.3 is 11.9 Å². The SMILES string of the molecule is O=CNC(Cc1cccs1)(C(=O)O)C(=O)O. The second kappa shape index (κ2) is 4.75. The Bertz CT molecular complexity index is 386. The first-order valence-corrected chi connectivity index (χ1v) is 5.11. The van der Waals surface area contributed by atoms with E-state index in [1.807, 2.05) is 5.32 Å². The van der Waals surface area contributed by atoms with E-state index in [0.29, 0.717) is 4.88 Å². The Morgan fingerprint density at radius 1 is 1.44 bits per heavy atom. The molecule has 0 unspecified atom stereocenters. The van der Waals surface area contributed by atoms with E-state index in [-0.39, 0.29) is 12.8 Å². The zero-order valence-corrected chi connectivity index (χ0v) is 8.86. The molecule has 16 heavy (non-hydrogen) atoms. The normalized spacial score (nSPS) is 10.8. The van der Waals surface area contributed by atoms with Gasteiger partial charge in [-0.3, -0.25) is 4.79 Å². The molecule has 3 N–H and O–H groups in total. The number of hydrogen-bond donors (Lipinski definition) is 3. The van der Waals surface area contributed by atoms with E-state index in [4.69, 9.17) is 10.2 Å². The minimum absolute atomic E-state index is 0.0792. The van der Waals surface area contributed by atoms with Gasteiger partial charge in [0, 0.05) is 11.3 Å². The number of carbonyl (C=O) groups excluding carboxylic acids is 1. The van der Waals surface area contributed by atoms with Crippen LogP contribution in [0.4, 0.5) is 0 Å². The summed E-state index contributed by atoms with van der Waals surface area (Å²) in [7, 11) is 0. The molecule has 6 nitrogen and oxygen atoms in total. The predicted molar refractivity (Wildman–Crippen MR) is 55.2 cm³/mol. The van der Waals surface area contributed by atoms with E-state index in [9.17, 15) is 14.4 Å². The maximum atomic E-state index is 11.0. The van der Waals surface area contributed by atoms with Crippen molar-refractivity contribution in [1.82, 2.24) is 5.32 Å². The van der Waals surface area contributed by atoms with Gasteiger partial charge in [-0.15, -0.1) is 11.3 Å². The molecular weight excluding hydrogens is 234 g/mol. The smallest absolute Gasteiger partial charge is 0.341 e. The van der Waals surface area contributed by atoms with Crippen molar-refractivity contribution in [1.29, 1.82) is 0 Å². The van der Waals surface area contributed by atoms with Crippen LogP contribution < -0.4 is 5.32 Å². The molecule has 0 aromatic carbocycles. The summed E-state index contributed by atoms with van der Waals surface area (Å²) >= 11 is 1.23. The summed E-state index contributed by atoms with van der Waals surface area (Å²) in [6.07, 6.45) is -0.204. The van der Waals surface area contributed by atoms with Gasteiger partial charge in [0.2, 0.25) is 11.9 Å². The Morgan fingerprint density at radius 2 is 2.06 bits per heavy atom. The summed E-state index contributed by atoms with van der Waals surface area (Å²) in [5.74, 6) is -3.19. The predicted octanol–water partition coefficient (Wildman–Crippen LogP) is -0.0554. The van der Waals surface area contributed by atoms with E-state index in [0.717, 1.165) is 0 Å². The number of carboxylic acids is 2. The highest BCUT2D eigenvalue weighted by Gasteiger charge is 2.46. The van der Waals surface area contributed by atoms with E-state index < -0.39 is 17.5 Å². The fourth-order valence-corrected chi connectivity index (χ4v) is 1.98. The third-order valence-corrected chi connectivity index (χ3v) is 2.93. The lowest BCUT2D eigenvalue weighted by Crippen LogP contribution is -2.59. The molecule has 1 aromatic rings. The average Bonchev–Trinajstić information content (AvgIpc) is 2.68. The molecule has 0 saturated carbocycles. The van der Waals surface area contributed by atoms with Gasteiger partial charge in [-0.05, 0) is 11.4 Å². The highest BCUT2D eigenvalue weighted by atomic mass is 32.1. The Kier molecular flexibility index (Phi) is 3.62. The van der Waals surface area contributed by atoms with Gasteiger partial charge in [-0.25, -0.2) is 9.59 Å². The molecular formula is C9H9NO5S. The van der Waals surface area contributed by atoms with E-state index in [1.54, 1.807) is 17.5 Å². The number of hydrogen-bond acceptors (Lipinski definition) is 4. The maximum absolute atomic E-state index is 11.0. The van der Waals surface area contributed by atoms with Crippen LogP contribution in [0, 0.1) is 0 Å². The number of nitrogens with one attached hydrogen (secondary N) is 1. The van der Waals surface area contributed by atoms with Crippen molar-refractivity contribution in [3.05, 3.63) is 22.4 Å². The van der Waals surface area contributed by atoms with Gasteiger partial charge in [0.25, 0.3) is 0 Å². The van der Waals surface area contributed by atoms with Crippen molar-refractivity contribution in [3.63, 3.8) is 0 Å². The second-order valence-corrected chi connectivity index (χ2v) is 4.07. The lowest BCUT2D eigenvalue weighted by Gasteiger charge is -2.23. The Morgan fingerprint density at radius 3 is 2.44 bits per heavy atom. The highest BCUT2D eigenvalue weighted by molar-refractivity contribution is 7.09. The van der Waals surface area contributed by atoms with Gasteiger partial charge in [-0.2, -0.15) is 0 Å². The third-order valence-electron chi connectivity index (χ3n) is 2.06. The number of carboxylic acid groups (broad SMARTS) is 2. The third kappa shape index (κ3) is 2.19. The number of aliphatic carboxylic acids is 2. The van der Waals surface area contributed by atoms with Crippen LogP contribution in [0.3, 0.4) is 0 Å². The van der Waals surface area contributed by atoms with Gasteiger partial charge in [0.05, 0.1) is 0 Å². The number of thiophene rings is 1. The van der Waals surface area contributed by atoms with Crippen LogP contribution in [0.15, 0.2) is 17.5 Å². The topological polar surface area (TPSA) is 104 Å². The molecule has 0 bridgehead atoms. The van der Waals surface area contributed by atoms with Crippen molar-refractivity contribution in [2.45, 2.75) is 12.0 Å². The molecule has 0 fully saturated rings. The van der Waals surface area contributed by atoms with Crippen LogP contribution in [-0.2, 0) is 20.8 Å². The lowest BCUT2D eigenvalue weighted by atomic mass is 9.95. The molecule has 1 heterocycles. The molecule has 7 heteroatoms. The largest absolute Gasteiger partial charge is 0.479 e. The van der Waals surface area contributed by atoms with Crippen LogP contribution in [0.25, 0.3) is 0 Å². The zero-order valence-electron chi connectivity index (χ0n) is 8.04. The van der Waals surface area contributed by atoms with E-state index in [1.165, 1.54) is 11.3 Å². The quantitative estimate of drug-likeness (QED) is 0.480. The van der Waals surface area contributed by atoms with E-state index in [2.05, 4.69) is 0 Å². The Hall–Kier alpha value is -1.89. The molecule has 86 valence electrons. The summed E-state index contributed by atoms with van der Waals surface area (Å²) in [5, 5.41) is 21.4. The molecule has 0 spiro atoms. The minimum atomic E-state index is -2.30. The van der Waals surface area contributed by atoms with Crippen molar-refractivity contribution in [2.75, 3.05) is 0 Å². The second-order valence-electron chi connectivity index (χ2n) is 3.03. The number of amides is 1. The average molecular weight is 243 g/mol. The molecule has 0 aliphatic carbocycles. The summed E-state index contributed by atoms with van der Waals surface area (Å²) < 4.78 is 0. The number of rotatable bonds is 6. The Labute approximate surface area is 94.5 Å². The summed E-state index contributed by atoms with van der Waals surface area (Å²) in [5.41, 5.74) is -2.30. The summed E-state index contributed by atoms with van der Waals surface area (Å²) in [4.78, 5) is 32.9. The highest BCUT2D eigenvalue weighted by Crippen LogP contribution is 2.18. The van der Waals surface area contributed by atoms with Gasteiger partial charge in [-0.1, -0.05) is 6.07 Å². The van der Waals surface area contributed by atoms with Crippen LogP contribution in [0.1, 0.15) is 4.88 Å². The fourth-order valence-electron chi connectivity index (χ4n) is 1.19. The van der Waals surface area contributed by atoms with Crippen LogP contribution in [0.2, 0.25) is 0 Å². The number of carbonyl (C=O) groups is 3. The van der Waals surface area contributed by atoms with Gasteiger partial charge in [0.1, 0.15) is 0 Å². The van der Waals surface area contributed by atoms with Crippen molar-refractivity contribution in [2.24, 2.45) is 0 Å². The monoisotopic (exact) mass is 243 g/mol. The molecule has 0 aliphatic rings. The first-order chi connectivity index (χ1) is 7.53. The van der Waals surface area contributed by atoms with Crippen LogP contribution in [-0.4, -0.2) is 34.1 Å². The molecule has 1 amide bonds. The molecule has 0 atom stereocenters. The minimum Gasteiger partial charge on any atom is -0.479 e. The fraction of sp³-hybridized carbons (Fsp3) is 0.222. The zero-order chi connectivity index (χ0) is 12.2. The summed E-state index contributed by atoms with van der Waals surface area (Å²) in [6.45, 7) is 0. The van der Waals surface area contributed by atoms with E-state index >= 15 is 0 Å². The lowest BCUT2D eigenvalue weighted by molar-refractivity contribution is -0.160. The van der Waals surface area contributed by atoms with Crippen molar-refractivity contribution < 1.29 is 24.6 Å². The maximum Gasteiger partial charge on any atom is 0.341 e. The van der Waals surface area contributed by atoms with Crippen molar-refractivity contribution >= 4 is 29.7 Å². The standard InChI is InChI=1S/C9H9NO5S/c11-5-10-9(7(12)13,8(14)15)4-6-2-1-3-16-6/h1-3,5H,4H2,(H,10,11)(H,12,13)(H,14,15). The molecule has 1 rings (SSSR count). The first kappa shape index (κ1) is 12.2. The molecule has 0 saturated heterocycles. The van der Waals surface area contributed by atoms with Crippen molar-refractivity contribution in [3.8, 4) is 0 Å².